The fourth-order valence-electron chi connectivity index (χ4n) is 4.85. The first kappa shape index (κ1) is 19.6. The molecule has 1 fully saturated rings. The summed E-state index contributed by atoms with van der Waals surface area (Å²) in [5, 5.41) is 0.855. The molecule has 0 N–H and O–H groups in total. The van der Waals surface area contributed by atoms with Crippen LogP contribution < -0.4 is 15.9 Å². The maximum Gasteiger partial charge on any atom is 0.339 e. The molecule has 2 aliphatic heterocycles. The Balaban J connectivity index is 1.30. The Kier molecular flexibility index (Phi) is 4.68. The Morgan fingerprint density at radius 2 is 1.94 bits per heavy atom. The van der Waals surface area contributed by atoms with Crippen LogP contribution in [-0.2, 0) is 11.3 Å². The zero-order chi connectivity index (χ0) is 21.7. The fourth-order valence-corrected chi connectivity index (χ4v) is 4.85. The number of fused-ring (bicyclic) bond motifs is 5. The summed E-state index contributed by atoms with van der Waals surface area (Å²) in [7, 11) is 0. The predicted octanol–water partition coefficient (Wildman–Crippen LogP) is 2.60. The van der Waals surface area contributed by atoms with E-state index in [-0.39, 0.29) is 35.5 Å². The molecule has 0 unspecified atom stereocenters. The molecule has 7 nitrogen and oxygen atoms in total. The molecule has 4 heterocycles. The van der Waals surface area contributed by atoms with Crippen molar-refractivity contribution in [2.24, 2.45) is 5.92 Å². The molecule has 2 aromatic heterocycles. The zero-order valence-electron chi connectivity index (χ0n) is 17.6. The van der Waals surface area contributed by atoms with E-state index in [0.717, 1.165) is 23.1 Å². The van der Waals surface area contributed by atoms with Gasteiger partial charge in [-0.3, -0.25) is 9.59 Å². The van der Waals surface area contributed by atoms with Gasteiger partial charge in [0.15, 0.2) is 6.61 Å². The molecule has 0 aliphatic carbocycles. The minimum Gasteiger partial charge on any atom is -0.484 e. The van der Waals surface area contributed by atoms with E-state index in [1.54, 1.807) is 31.2 Å². The minimum atomic E-state index is -0.363. The summed E-state index contributed by atoms with van der Waals surface area (Å²) in [5.41, 5.74) is 2.61. The molecular weight excluding hydrogens is 396 g/mol. The number of benzene rings is 1. The molecule has 1 amide bonds. The van der Waals surface area contributed by atoms with E-state index < -0.39 is 0 Å². The van der Waals surface area contributed by atoms with Crippen molar-refractivity contribution in [2.45, 2.75) is 32.7 Å². The Labute approximate surface area is 178 Å². The number of aryl methyl sites for hydroxylation is 1. The number of piperidine rings is 1. The van der Waals surface area contributed by atoms with Gasteiger partial charge in [-0.05, 0) is 49.9 Å². The Morgan fingerprint density at radius 3 is 2.77 bits per heavy atom. The summed E-state index contributed by atoms with van der Waals surface area (Å²) in [6, 6.07) is 10.7. The second-order valence-electron chi connectivity index (χ2n) is 8.58. The van der Waals surface area contributed by atoms with E-state index in [0.29, 0.717) is 36.5 Å². The maximum absolute atomic E-state index is 12.9. The first-order valence-electron chi connectivity index (χ1n) is 10.5. The Hall–Kier alpha value is -3.35. The van der Waals surface area contributed by atoms with Crippen LogP contribution in [0.25, 0.3) is 11.0 Å². The smallest absolute Gasteiger partial charge is 0.339 e. The van der Waals surface area contributed by atoms with Crippen LogP contribution in [-0.4, -0.2) is 35.1 Å². The summed E-state index contributed by atoms with van der Waals surface area (Å²) >= 11 is 0. The van der Waals surface area contributed by atoms with Crippen LogP contribution in [0.1, 0.15) is 29.2 Å². The number of hydrogen-bond donors (Lipinski definition) is 0. The molecule has 0 radical (unpaired) electrons. The lowest BCUT2D eigenvalue weighted by Gasteiger charge is -2.42. The Morgan fingerprint density at radius 1 is 1.10 bits per heavy atom. The monoisotopic (exact) mass is 420 g/mol. The largest absolute Gasteiger partial charge is 0.484 e. The van der Waals surface area contributed by atoms with E-state index in [4.69, 9.17) is 9.15 Å². The quantitative estimate of drug-likeness (QED) is 0.609. The molecular formula is C24H24N2O5. The topological polar surface area (TPSA) is 81.8 Å². The molecule has 1 saturated heterocycles. The lowest BCUT2D eigenvalue weighted by Crippen LogP contribution is -2.50. The van der Waals surface area contributed by atoms with E-state index >= 15 is 0 Å². The molecule has 0 saturated carbocycles. The van der Waals surface area contributed by atoms with E-state index in [9.17, 15) is 14.4 Å². The Bertz CT molecular complexity index is 1310. The number of carbonyl (C=O) groups excluding carboxylic acids is 1. The van der Waals surface area contributed by atoms with Gasteiger partial charge in [-0.1, -0.05) is 6.07 Å². The first-order valence-corrected chi connectivity index (χ1v) is 10.5. The summed E-state index contributed by atoms with van der Waals surface area (Å²) < 4.78 is 13.0. The molecule has 1 aromatic carbocycles. The number of aromatic nitrogens is 1. The third kappa shape index (κ3) is 3.44. The number of rotatable bonds is 3. The standard InChI is InChI=1S/C24H24N2O5/c1-14-15(2)24(29)31-21-9-18(6-7-19(14)21)30-13-23(28)25-10-16-8-17(12-25)20-4-3-5-22(27)26(20)11-16/h3-7,9,16-17H,8,10-13H2,1-2H3/t16-,17-/m0/s1. The number of likely N-dealkylation sites (tertiary alicyclic amines) is 1. The van der Waals surface area contributed by atoms with Gasteiger partial charge in [0.2, 0.25) is 0 Å². The van der Waals surface area contributed by atoms with Gasteiger partial charge in [-0.25, -0.2) is 4.79 Å². The summed E-state index contributed by atoms with van der Waals surface area (Å²) in [5.74, 6) is 0.854. The fraction of sp³-hybridized carbons (Fsp3) is 0.375. The molecule has 2 atom stereocenters. The average molecular weight is 420 g/mol. The number of pyridine rings is 1. The van der Waals surface area contributed by atoms with Crippen molar-refractivity contribution in [1.29, 1.82) is 0 Å². The molecule has 5 rings (SSSR count). The first-order chi connectivity index (χ1) is 14.9. The van der Waals surface area contributed by atoms with Crippen LogP contribution in [0.15, 0.2) is 50.4 Å². The van der Waals surface area contributed by atoms with Gasteiger partial charge in [-0.2, -0.15) is 0 Å². The second kappa shape index (κ2) is 7.41. The number of nitrogens with zero attached hydrogens (tertiary/aromatic N) is 2. The molecule has 7 heteroatoms. The van der Waals surface area contributed by atoms with Gasteiger partial charge < -0.3 is 18.6 Å². The van der Waals surface area contributed by atoms with Gasteiger partial charge in [0.1, 0.15) is 11.3 Å². The maximum atomic E-state index is 12.9. The number of carbonyl (C=O) groups is 1. The van der Waals surface area contributed by atoms with Crippen LogP contribution >= 0.6 is 0 Å². The van der Waals surface area contributed by atoms with E-state index in [1.807, 2.05) is 28.5 Å². The van der Waals surface area contributed by atoms with Crippen LogP contribution in [0.5, 0.6) is 5.75 Å². The molecule has 160 valence electrons. The van der Waals surface area contributed by atoms with Crippen molar-refractivity contribution < 1.29 is 13.9 Å². The number of ether oxygens (including phenoxy) is 1. The molecule has 31 heavy (non-hydrogen) atoms. The number of amides is 1. The minimum absolute atomic E-state index is 0.0312. The average Bonchev–Trinajstić information content (AvgIpc) is 2.76. The van der Waals surface area contributed by atoms with Gasteiger partial charge in [0, 0.05) is 54.3 Å². The molecule has 3 aromatic rings. The summed E-state index contributed by atoms with van der Waals surface area (Å²) in [4.78, 5) is 38.8. The van der Waals surface area contributed by atoms with Crippen molar-refractivity contribution in [1.82, 2.24) is 9.47 Å². The predicted molar refractivity (Wildman–Crippen MR) is 116 cm³/mol. The van der Waals surface area contributed by atoms with Crippen LogP contribution in [0.2, 0.25) is 0 Å². The highest BCUT2D eigenvalue weighted by atomic mass is 16.5. The van der Waals surface area contributed by atoms with Crippen molar-refractivity contribution in [2.75, 3.05) is 19.7 Å². The highest BCUT2D eigenvalue weighted by Gasteiger charge is 2.36. The van der Waals surface area contributed by atoms with Gasteiger partial charge in [0.05, 0.1) is 0 Å². The third-order valence-electron chi connectivity index (χ3n) is 6.62. The van der Waals surface area contributed by atoms with Gasteiger partial charge >= 0.3 is 5.63 Å². The van der Waals surface area contributed by atoms with Crippen LogP contribution in [0.4, 0.5) is 0 Å². The van der Waals surface area contributed by atoms with E-state index in [1.165, 1.54) is 0 Å². The van der Waals surface area contributed by atoms with Gasteiger partial charge in [-0.15, -0.1) is 0 Å². The number of hydrogen-bond acceptors (Lipinski definition) is 5. The van der Waals surface area contributed by atoms with Crippen LogP contribution in [0, 0.1) is 19.8 Å². The van der Waals surface area contributed by atoms with Crippen molar-refractivity contribution in [3.63, 3.8) is 0 Å². The normalized spacial score (nSPS) is 19.9. The molecule has 2 bridgehead atoms. The highest BCUT2D eigenvalue weighted by molar-refractivity contribution is 5.82. The van der Waals surface area contributed by atoms with Gasteiger partial charge in [0.25, 0.3) is 11.5 Å². The molecule has 2 aliphatic rings. The zero-order valence-corrected chi connectivity index (χ0v) is 17.6. The summed E-state index contributed by atoms with van der Waals surface area (Å²) in [6.07, 6.45) is 0.997. The van der Waals surface area contributed by atoms with Crippen molar-refractivity contribution in [3.8, 4) is 5.75 Å². The summed E-state index contributed by atoms with van der Waals surface area (Å²) in [6.45, 7) is 5.42. The lowest BCUT2D eigenvalue weighted by molar-refractivity contribution is -0.136. The highest BCUT2D eigenvalue weighted by Crippen LogP contribution is 2.35. The van der Waals surface area contributed by atoms with Crippen molar-refractivity contribution >= 4 is 16.9 Å². The van der Waals surface area contributed by atoms with Crippen LogP contribution in [0.3, 0.4) is 0 Å². The van der Waals surface area contributed by atoms with E-state index in [2.05, 4.69) is 0 Å². The second-order valence-corrected chi connectivity index (χ2v) is 8.58. The SMILES string of the molecule is Cc1c(C)c2ccc(OCC(=O)N3C[C@@H]4C[C@@H](C3)c3cccc(=O)n3C4)cc2oc1=O. The van der Waals surface area contributed by atoms with Crippen molar-refractivity contribution in [3.05, 3.63) is 74.0 Å². The lowest BCUT2D eigenvalue weighted by atomic mass is 9.83. The third-order valence-corrected chi connectivity index (χ3v) is 6.62. The molecule has 0 spiro atoms.